The number of methoxy groups -OCH3 is 1. The number of rotatable bonds is 4. The number of phenolic OH excluding ortho intramolecular Hbond substituents is 1. The molecule has 1 amide bonds. The number of carbonyl (C=O) groups is 1. The summed E-state index contributed by atoms with van der Waals surface area (Å²) in [5.74, 6) is 0.0156. The molecule has 0 aliphatic carbocycles. The lowest BCUT2D eigenvalue weighted by Gasteiger charge is -2.41. The van der Waals surface area contributed by atoms with Crippen molar-refractivity contribution in [2.75, 3.05) is 25.5 Å². The monoisotopic (exact) mass is 308 g/mol. The molecule has 0 aromatic heterocycles. The molecule has 122 valence electrons. The molecule has 1 aliphatic rings. The van der Waals surface area contributed by atoms with E-state index in [1.54, 1.807) is 40.0 Å². The molecule has 0 radical (unpaired) electrons. The van der Waals surface area contributed by atoms with Crippen molar-refractivity contribution in [1.29, 1.82) is 0 Å². The number of anilines is 1. The molecule has 1 aliphatic heterocycles. The van der Waals surface area contributed by atoms with Gasteiger partial charge in [-0.25, -0.2) is 4.79 Å². The first-order valence-corrected chi connectivity index (χ1v) is 7.31. The fraction of sp³-hybridized carbons (Fsp3) is 0.562. The zero-order valence-electron chi connectivity index (χ0n) is 13.5. The molecule has 0 spiro atoms. The van der Waals surface area contributed by atoms with E-state index in [1.165, 1.54) is 0 Å². The van der Waals surface area contributed by atoms with Crippen LogP contribution >= 0.6 is 0 Å². The van der Waals surface area contributed by atoms with Crippen LogP contribution in [-0.2, 0) is 15.9 Å². The molecule has 6 nitrogen and oxygen atoms in total. The lowest BCUT2D eigenvalue weighted by atomic mass is 9.88. The van der Waals surface area contributed by atoms with Crippen molar-refractivity contribution in [2.45, 2.75) is 38.4 Å². The predicted molar refractivity (Wildman–Crippen MR) is 84.3 cm³/mol. The Morgan fingerprint density at radius 2 is 2.09 bits per heavy atom. The number of ether oxygens (including phenoxy) is 2. The number of hydrogen-bond donors (Lipinski definition) is 3. The number of hydrogen-bond acceptors (Lipinski definition) is 5. The van der Waals surface area contributed by atoms with E-state index in [4.69, 9.17) is 9.47 Å². The Morgan fingerprint density at radius 3 is 2.55 bits per heavy atom. The molecule has 6 heteroatoms. The fourth-order valence-electron chi connectivity index (χ4n) is 2.32. The minimum absolute atomic E-state index is 0.0156. The molecular formula is C16H24N2O4. The van der Waals surface area contributed by atoms with Crippen molar-refractivity contribution in [3.05, 3.63) is 23.8 Å². The summed E-state index contributed by atoms with van der Waals surface area (Å²) in [6, 6.07) is 5.18. The average molecular weight is 308 g/mol. The molecule has 1 aromatic carbocycles. The van der Waals surface area contributed by atoms with E-state index in [2.05, 4.69) is 10.6 Å². The normalized spacial score (nSPS) is 16.7. The molecule has 1 heterocycles. The van der Waals surface area contributed by atoms with E-state index < -0.39 is 11.7 Å². The summed E-state index contributed by atoms with van der Waals surface area (Å²) >= 11 is 0. The second kappa shape index (κ2) is 6.14. The van der Waals surface area contributed by atoms with Crippen molar-refractivity contribution in [2.24, 2.45) is 0 Å². The van der Waals surface area contributed by atoms with Crippen LogP contribution in [0.5, 0.6) is 5.75 Å². The highest BCUT2D eigenvalue weighted by Gasteiger charge is 2.37. The Hall–Kier alpha value is -1.79. The first-order valence-electron chi connectivity index (χ1n) is 7.31. The molecule has 0 unspecified atom stereocenters. The lowest BCUT2D eigenvalue weighted by Crippen LogP contribution is -2.61. The molecular weight excluding hydrogens is 284 g/mol. The van der Waals surface area contributed by atoms with Gasteiger partial charge in [0.15, 0.2) is 0 Å². The first kappa shape index (κ1) is 16.6. The Labute approximate surface area is 130 Å². The maximum absolute atomic E-state index is 11.7. The summed E-state index contributed by atoms with van der Waals surface area (Å²) in [7, 11) is 1.69. The topological polar surface area (TPSA) is 79.8 Å². The van der Waals surface area contributed by atoms with E-state index in [0.29, 0.717) is 12.1 Å². The number of amides is 1. The average Bonchev–Trinajstić information content (AvgIpc) is 2.35. The fourth-order valence-corrected chi connectivity index (χ4v) is 2.32. The van der Waals surface area contributed by atoms with Crippen molar-refractivity contribution < 1.29 is 19.4 Å². The highest BCUT2D eigenvalue weighted by Crippen LogP contribution is 2.28. The Morgan fingerprint density at radius 1 is 1.41 bits per heavy atom. The number of benzene rings is 1. The Kier molecular flexibility index (Phi) is 4.63. The van der Waals surface area contributed by atoms with Crippen LogP contribution in [0.3, 0.4) is 0 Å². The third kappa shape index (κ3) is 4.11. The van der Waals surface area contributed by atoms with Gasteiger partial charge >= 0.3 is 6.09 Å². The van der Waals surface area contributed by atoms with Gasteiger partial charge in [-0.2, -0.15) is 0 Å². The standard InChI is InChI=1S/C16H24N2O4/c1-15(2,3)22-14(20)18-12-6-5-11(7-13(12)19)8-16(21-4)9-17-10-16/h5-7,17,19H,8-10H2,1-4H3,(H,18,20). The summed E-state index contributed by atoms with van der Waals surface area (Å²) in [6.07, 6.45) is 0.114. The van der Waals surface area contributed by atoms with Gasteiger partial charge in [0.25, 0.3) is 0 Å². The summed E-state index contributed by atoms with van der Waals surface area (Å²) in [5, 5.41) is 15.8. The van der Waals surface area contributed by atoms with Crippen LogP contribution in [0.25, 0.3) is 0 Å². The minimum atomic E-state index is -0.591. The summed E-state index contributed by atoms with van der Waals surface area (Å²) in [5.41, 5.74) is 0.501. The molecule has 22 heavy (non-hydrogen) atoms. The van der Waals surface area contributed by atoms with Gasteiger partial charge in [-0.1, -0.05) is 6.07 Å². The van der Waals surface area contributed by atoms with E-state index >= 15 is 0 Å². The first-order chi connectivity index (χ1) is 10.2. The molecule has 1 aromatic rings. The van der Waals surface area contributed by atoms with E-state index in [9.17, 15) is 9.90 Å². The Bertz CT molecular complexity index is 542. The second-order valence-electron chi connectivity index (χ2n) is 6.65. The lowest BCUT2D eigenvalue weighted by molar-refractivity contribution is -0.0502. The second-order valence-corrected chi connectivity index (χ2v) is 6.65. The third-order valence-electron chi connectivity index (χ3n) is 3.55. The maximum atomic E-state index is 11.7. The van der Waals surface area contributed by atoms with Gasteiger partial charge in [-0.15, -0.1) is 0 Å². The number of phenols is 1. The molecule has 0 bridgehead atoms. The van der Waals surface area contributed by atoms with Crippen LogP contribution in [0, 0.1) is 0 Å². The predicted octanol–water partition coefficient (Wildman–Crippen LogP) is 2.27. The molecule has 2 rings (SSSR count). The van der Waals surface area contributed by atoms with Gasteiger partial charge in [-0.3, -0.25) is 5.32 Å². The number of nitrogens with one attached hydrogen (secondary N) is 2. The SMILES string of the molecule is COC1(Cc2ccc(NC(=O)OC(C)(C)C)c(O)c2)CNC1. The van der Waals surface area contributed by atoms with Crippen LogP contribution in [0.1, 0.15) is 26.3 Å². The molecule has 0 atom stereocenters. The molecule has 1 saturated heterocycles. The quantitative estimate of drug-likeness (QED) is 0.744. The van der Waals surface area contributed by atoms with Gasteiger partial charge in [0.2, 0.25) is 0 Å². The van der Waals surface area contributed by atoms with Crippen LogP contribution in [0.15, 0.2) is 18.2 Å². The van der Waals surface area contributed by atoms with Crippen molar-refractivity contribution in [3.63, 3.8) is 0 Å². The summed E-state index contributed by atoms with van der Waals surface area (Å²) < 4.78 is 10.7. The van der Waals surface area contributed by atoms with Crippen molar-refractivity contribution in [3.8, 4) is 5.75 Å². The zero-order valence-corrected chi connectivity index (χ0v) is 13.5. The van der Waals surface area contributed by atoms with Gasteiger partial charge in [0.05, 0.1) is 11.3 Å². The highest BCUT2D eigenvalue weighted by molar-refractivity contribution is 5.86. The smallest absolute Gasteiger partial charge is 0.412 e. The van der Waals surface area contributed by atoms with E-state index in [-0.39, 0.29) is 11.4 Å². The third-order valence-corrected chi connectivity index (χ3v) is 3.55. The van der Waals surface area contributed by atoms with Crippen LogP contribution < -0.4 is 10.6 Å². The summed E-state index contributed by atoms with van der Waals surface area (Å²) in [4.78, 5) is 11.7. The maximum Gasteiger partial charge on any atom is 0.412 e. The zero-order chi connectivity index (χ0) is 16.4. The minimum Gasteiger partial charge on any atom is -0.506 e. The molecule has 0 saturated carbocycles. The van der Waals surface area contributed by atoms with Crippen LogP contribution in [0.4, 0.5) is 10.5 Å². The van der Waals surface area contributed by atoms with Gasteiger partial charge in [0, 0.05) is 26.6 Å². The van der Waals surface area contributed by atoms with Gasteiger partial charge in [0.1, 0.15) is 11.4 Å². The number of aromatic hydroxyl groups is 1. The van der Waals surface area contributed by atoms with E-state index in [0.717, 1.165) is 18.7 Å². The van der Waals surface area contributed by atoms with Gasteiger partial charge in [-0.05, 0) is 38.5 Å². The summed E-state index contributed by atoms with van der Waals surface area (Å²) in [6.45, 7) is 6.94. The van der Waals surface area contributed by atoms with Crippen molar-refractivity contribution in [1.82, 2.24) is 5.32 Å². The van der Waals surface area contributed by atoms with Gasteiger partial charge < -0.3 is 19.9 Å². The van der Waals surface area contributed by atoms with E-state index in [1.807, 2.05) is 6.07 Å². The Balaban J connectivity index is 2.02. The highest BCUT2D eigenvalue weighted by atomic mass is 16.6. The van der Waals surface area contributed by atoms with Crippen LogP contribution in [0.2, 0.25) is 0 Å². The van der Waals surface area contributed by atoms with Crippen molar-refractivity contribution >= 4 is 11.8 Å². The molecule has 3 N–H and O–H groups in total. The van der Waals surface area contributed by atoms with Crippen LogP contribution in [-0.4, -0.2) is 42.6 Å². The molecule has 1 fully saturated rings. The largest absolute Gasteiger partial charge is 0.506 e. The number of carbonyl (C=O) groups excluding carboxylic acids is 1.